The SMILES string of the molecule is CSc1nnc(CCCNC(=O)c2cc(-c3cc(C)oc3C)nc3onc(C)c23)n1C1CCCC1. The maximum absolute atomic E-state index is 13.3. The molecule has 1 fully saturated rings. The van der Waals surface area contributed by atoms with Crippen molar-refractivity contribution in [3.8, 4) is 11.3 Å². The normalized spacial score (nSPS) is 14.3. The third-order valence-electron chi connectivity index (χ3n) is 6.65. The van der Waals surface area contributed by atoms with Crippen molar-refractivity contribution in [2.24, 2.45) is 0 Å². The third-order valence-corrected chi connectivity index (χ3v) is 7.29. The van der Waals surface area contributed by atoms with Crippen LogP contribution in [0.5, 0.6) is 0 Å². The van der Waals surface area contributed by atoms with E-state index in [1.165, 1.54) is 25.7 Å². The summed E-state index contributed by atoms with van der Waals surface area (Å²) in [7, 11) is 0. The second kappa shape index (κ2) is 9.85. The molecule has 9 nitrogen and oxygen atoms in total. The summed E-state index contributed by atoms with van der Waals surface area (Å²) in [5, 5.41) is 17.5. The van der Waals surface area contributed by atoms with E-state index in [2.05, 4.69) is 30.2 Å². The van der Waals surface area contributed by atoms with Crippen LogP contribution in [0.1, 0.15) is 71.5 Å². The van der Waals surface area contributed by atoms with E-state index in [1.807, 2.05) is 33.1 Å². The highest BCUT2D eigenvalue weighted by Gasteiger charge is 2.24. The van der Waals surface area contributed by atoms with Crippen LogP contribution < -0.4 is 5.32 Å². The summed E-state index contributed by atoms with van der Waals surface area (Å²) in [6, 6.07) is 4.20. The Bertz CT molecular complexity index is 1370. The van der Waals surface area contributed by atoms with Gasteiger partial charge in [-0.25, -0.2) is 4.98 Å². The van der Waals surface area contributed by atoms with Gasteiger partial charge >= 0.3 is 0 Å². The Labute approximate surface area is 208 Å². The number of carbonyl (C=O) groups is 1. The van der Waals surface area contributed by atoms with Crippen molar-refractivity contribution >= 4 is 28.8 Å². The molecule has 35 heavy (non-hydrogen) atoms. The largest absolute Gasteiger partial charge is 0.466 e. The van der Waals surface area contributed by atoms with Gasteiger partial charge in [-0.15, -0.1) is 10.2 Å². The van der Waals surface area contributed by atoms with E-state index in [0.29, 0.717) is 40.6 Å². The van der Waals surface area contributed by atoms with Gasteiger partial charge in [0.2, 0.25) is 0 Å². The summed E-state index contributed by atoms with van der Waals surface area (Å²) in [5.74, 6) is 2.36. The Morgan fingerprint density at radius 2 is 2.00 bits per heavy atom. The monoisotopic (exact) mass is 494 g/mol. The van der Waals surface area contributed by atoms with Crippen molar-refractivity contribution in [3.63, 3.8) is 0 Å². The van der Waals surface area contributed by atoms with Crippen LogP contribution in [0.2, 0.25) is 0 Å². The van der Waals surface area contributed by atoms with Crippen molar-refractivity contribution in [1.29, 1.82) is 0 Å². The molecule has 0 atom stereocenters. The summed E-state index contributed by atoms with van der Waals surface area (Å²) in [6.07, 6.45) is 8.47. The zero-order valence-electron chi connectivity index (χ0n) is 20.6. The predicted octanol–water partition coefficient (Wildman–Crippen LogP) is 5.20. The van der Waals surface area contributed by atoms with Gasteiger partial charge in [0.05, 0.1) is 22.3 Å². The maximum Gasteiger partial charge on any atom is 0.259 e. The van der Waals surface area contributed by atoms with Crippen LogP contribution in [-0.2, 0) is 6.42 Å². The predicted molar refractivity (Wildman–Crippen MR) is 134 cm³/mol. The lowest BCUT2D eigenvalue weighted by atomic mass is 10.1. The van der Waals surface area contributed by atoms with Gasteiger partial charge in [0.25, 0.3) is 11.6 Å². The van der Waals surface area contributed by atoms with E-state index in [-0.39, 0.29) is 5.91 Å². The van der Waals surface area contributed by atoms with Crippen molar-refractivity contribution in [2.45, 2.75) is 70.5 Å². The first-order chi connectivity index (χ1) is 17.0. The molecule has 5 rings (SSSR count). The van der Waals surface area contributed by atoms with E-state index < -0.39 is 0 Å². The Morgan fingerprint density at radius 1 is 1.20 bits per heavy atom. The minimum Gasteiger partial charge on any atom is -0.466 e. The zero-order valence-corrected chi connectivity index (χ0v) is 21.4. The summed E-state index contributed by atoms with van der Waals surface area (Å²) in [6.45, 7) is 6.11. The quantitative estimate of drug-likeness (QED) is 0.263. The summed E-state index contributed by atoms with van der Waals surface area (Å²) >= 11 is 1.64. The van der Waals surface area contributed by atoms with Gasteiger partial charge in [-0.1, -0.05) is 29.8 Å². The molecule has 1 amide bonds. The number of aromatic nitrogens is 5. The van der Waals surface area contributed by atoms with Gasteiger partial charge in [-0.2, -0.15) is 0 Å². The number of amides is 1. The number of nitrogens with one attached hydrogen (secondary N) is 1. The van der Waals surface area contributed by atoms with Crippen molar-refractivity contribution < 1.29 is 13.7 Å². The minimum atomic E-state index is -0.176. The second-order valence-electron chi connectivity index (χ2n) is 9.10. The molecule has 0 bridgehead atoms. The molecule has 1 N–H and O–H groups in total. The number of thioether (sulfide) groups is 1. The molecule has 10 heteroatoms. The molecule has 0 unspecified atom stereocenters. The van der Waals surface area contributed by atoms with Gasteiger partial charge in [0.1, 0.15) is 17.3 Å². The molecule has 184 valence electrons. The number of pyridine rings is 1. The minimum absolute atomic E-state index is 0.176. The van der Waals surface area contributed by atoms with Gasteiger partial charge in [0.15, 0.2) is 5.16 Å². The number of rotatable bonds is 8. The second-order valence-corrected chi connectivity index (χ2v) is 9.87. The zero-order chi connectivity index (χ0) is 24.5. The fourth-order valence-electron chi connectivity index (χ4n) is 4.99. The highest BCUT2D eigenvalue weighted by atomic mass is 32.2. The highest BCUT2D eigenvalue weighted by Crippen LogP contribution is 2.34. The number of fused-ring (bicyclic) bond motifs is 1. The van der Waals surface area contributed by atoms with Crippen LogP contribution in [0.15, 0.2) is 26.2 Å². The molecule has 4 heterocycles. The highest BCUT2D eigenvalue weighted by molar-refractivity contribution is 7.98. The lowest BCUT2D eigenvalue weighted by Gasteiger charge is -2.16. The van der Waals surface area contributed by atoms with E-state index in [4.69, 9.17) is 8.94 Å². The van der Waals surface area contributed by atoms with Crippen LogP contribution in [0.25, 0.3) is 22.4 Å². The lowest BCUT2D eigenvalue weighted by molar-refractivity contribution is 0.0954. The Kier molecular flexibility index (Phi) is 6.64. The summed E-state index contributed by atoms with van der Waals surface area (Å²) in [5.41, 5.74) is 2.95. The van der Waals surface area contributed by atoms with Crippen molar-refractivity contribution in [1.82, 2.24) is 30.2 Å². The molecule has 1 aliphatic carbocycles. The molecule has 0 aliphatic heterocycles. The first-order valence-electron chi connectivity index (χ1n) is 12.1. The van der Waals surface area contributed by atoms with Gasteiger partial charge in [-0.3, -0.25) is 4.79 Å². The van der Waals surface area contributed by atoms with Crippen molar-refractivity contribution in [2.75, 3.05) is 12.8 Å². The van der Waals surface area contributed by atoms with E-state index in [1.54, 1.807) is 17.8 Å². The number of hydrogen-bond acceptors (Lipinski definition) is 8. The Hall–Kier alpha value is -3.14. The molecular weight excluding hydrogens is 464 g/mol. The molecule has 1 saturated carbocycles. The van der Waals surface area contributed by atoms with Gasteiger partial charge in [0, 0.05) is 24.6 Å². The number of nitrogens with zero attached hydrogens (tertiary/aromatic N) is 5. The lowest BCUT2D eigenvalue weighted by Crippen LogP contribution is -2.25. The first kappa shape index (κ1) is 23.6. The number of aryl methyl sites for hydroxylation is 4. The molecule has 0 radical (unpaired) electrons. The van der Waals surface area contributed by atoms with E-state index >= 15 is 0 Å². The molecule has 4 aromatic rings. The molecule has 0 saturated heterocycles. The first-order valence-corrected chi connectivity index (χ1v) is 13.3. The standard InChI is InChI=1S/C25H30N6O3S/c1-14-12-18(16(3)33-14)20-13-19(22-15(2)30-34-24(22)27-20)23(32)26-11-7-10-21-28-29-25(35-4)31(21)17-8-5-6-9-17/h12-13,17H,5-11H2,1-4H3,(H,26,32). The number of carbonyl (C=O) groups excluding carboxylic acids is 1. The fourth-order valence-corrected chi connectivity index (χ4v) is 5.56. The smallest absolute Gasteiger partial charge is 0.259 e. The number of furan rings is 1. The van der Waals surface area contributed by atoms with Crippen LogP contribution in [0.3, 0.4) is 0 Å². The Balaban J connectivity index is 1.31. The maximum atomic E-state index is 13.3. The molecule has 1 aliphatic rings. The van der Waals surface area contributed by atoms with Crippen LogP contribution in [-0.4, -0.2) is 43.6 Å². The van der Waals surface area contributed by atoms with Crippen molar-refractivity contribution in [3.05, 3.63) is 40.7 Å². The molecule has 0 aromatic carbocycles. The van der Waals surface area contributed by atoms with E-state index in [0.717, 1.165) is 40.9 Å². The average molecular weight is 495 g/mol. The van der Waals surface area contributed by atoms with Gasteiger partial charge in [-0.05, 0) is 58.4 Å². The molecule has 4 aromatic heterocycles. The van der Waals surface area contributed by atoms with Crippen LogP contribution >= 0.6 is 11.8 Å². The summed E-state index contributed by atoms with van der Waals surface area (Å²) < 4.78 is 13.4. The fraction of sp³-hybridized carbons (Fsp3) is 0.480. The average Bonchev–Trinajstić information content (AvgIpc) is 3.63. The van der Waals surface area contributed by atoms with Crippen LogP contribution in [0, 0.1) is 20.8 Å². The van der Waals surface area contributed by atoms with Gasteiger partial charge < -0.3 is 18.8 Å². The van der Waals surface area contributed by atoms with Crippen LogP contribution in [0.4, 0.5) is 0 Å². The molecular formula is C25H30N6O3S. The van der Waals surface area contributed by atoms with E-state index in [9.17, 15) is 4.79 Å². The third kappa shape index (κ3) is 4.59. The topological polar surface area (TPSA) is 112 Å². The summed E-state index contributed by atoms with van der Waals surface area (Å²) in [4.78, 5) is 17.8. The number of hydrogen-bond donors (Lipinski definition) is 1. The Morgan fingerprint density at radius 3 is 2.71 bits per heavy atom. The molecule has 0 spiro atoms.